The molecule has 16 heavy (non-hydrogen) atoms. The van der Waals surface area contributed by atoms with Crippen LogP contribution >= 0.6 is 0 Å². The van der Waals surface area contributed by atoms with Crippen molar-refractivity contribution in [2.45, 2.75) is 46.3 Å². The van der Waals surface area contributed by atoms with Gasteiger partial charge in [0.25, 0.3) is 0 Å². The number of carbonyl (C=O) groups excluding carboxylic acids is 2. The van der Waals surface area contributed by atoms with E-state index in [0.717, 1.165) is 0 Å². The smallest absolute Gasteiger partial charge is 0.410 e. The Morgan fingerprint density at radius 3 is 2.38 bits per heavy atom. The van der Waals surface area contributed by atoms with Gasteiger partial charge in [-0.2, -0.15) is 0 Å². The normalized spacial score (nSPS) is 11.1. The molecular weight excluding hydrogens is 208 g/mol. The topological polar surface area (TPSA) is 58.6 Å². The zero-order chi connectivity index (χ0) is 12.8. The average Bonchev–Trinajstić information content (AvgIpc) is 2.08. The Hall–Kier alpha value is -1.26. The lowest BCUT2D eigenvalue weighted by atomic mass is 10.2. The lowest BCUT2D eigenvalue weighted by Crippen LogP contribution is -2.44. The first-order valence-corrected chi connectivity index (χ1v) is 5.44. The highest BCUT2D eigenvalue weighted by Crippen LogP contribution is 2.11. The molecule has 0 rings (SSSR count). The molecule has 0 bridgehead atoms. The van der Waals surface area contributed by atoms with Crippen molar-refractivity contribution in [3.8, 4) is 0 Å². The first kappa shape index (κ1) is 14.7. The molecule has 0 aromatic rings. The van der Waals surface area contributed by atoms with Gasteiger partial charge in [0.2, 0.25) is 6.41 Å². The molecule has 0 aliphatic rings. The summed E-state index contributed by atoms with van der Waals surface area (Å²) in [5.41, 5.74) is -0.498. The molecule has 0 saturated carbocycles. The molecule has 0 aromatic carbocycles. The van der Waals surface area contributed by atoms with Crippen molar-refractivity contribution in [3.63, 3.8) is 0 Å². The first-order valence-electron chi connectivity index (χ1n) is 5.44. The minimum atomic E-state index is -0.498. The van der Waals surface area contributed by atoms with Gasteiger partial charge < -0.3 is 15.0 Å². The predicted octanol–water partition coefficient (Wildman–Crippen LogP) is 1.38. The second kappa shape index (κ2) is 6.35. The van der Waals surface area contributed by atoms with Crippen molar-refractivity contribution in [3.05, 3.63) is 0 Å². The summed E-state index contributed by atoms with van der Waals surface area (Å²) in [5.74, 6) is 0. The predicted molar refractivity (Wildman–Crippen MR) is 62.1 cm³/mol. The van der Waals surface area contributed by atoms with Gasteiger partial charge in [0.15, 0.2) is 0 Å². The van der Waals surface area contributed by atoms with Crippen LogP contribution in [-0.4, -0.2) is 42.1 Å². The lowest BCUT2D eigenvalue weighted by Gasteiger charge is -2.29. The van der Waals surface area contributed by atoms with Crippen molar-refractivity contribution >= 4 is 12.5 Å². The lowest BCUT2D eigenvalue weighted by molar-refractivity contribution is -0.109. The Morgan fingerprint density at radius 2 is 2.00 bits per heavy atom. The van der Waals surface area contributed by atoms with Crippen LogP contribution in [0.1, 0.15) is 34.6 Å². The molecule has 2 amide bonds. The Bertz CT molecular complexity index is 234. The van der Waals surface area contributed by atoms with Gasteiger partial charge in [0, 0.05) is 19.1 Å². The number of nitrogens with zero attached hydrogens (tertiary/aromatic N) is 1. The highest BCUT2D eigenvalue weighted by Gasteiger charge is 2.23. The second-order valence-electron chi connectivity index (χ2n) is 4.84. The maximum Gasteiger partial charge on any atom is 0.410 e. The minimum Gasteiger partial charge on any atom is -0.444 e. The van der Waals surface area contributed by atoms with Crippen LogP contribution in [0, 0.1) is 0 Å². The molecule has 0 unspecified atom stereocenters. The molecule has 94 valence electrons. The molecule has 1 N–H and O–H groups in total. The van der Waals surface area contributed by atoms with E-state index in [0.29, 0.717) is 19.5 Å². The highest BCUT2D eigenvalue weighted by molar-refractivity contribution is 5.68. The van der Waals surface area contributed by atoms with Crippen LogP contribution in [0.15, 0.2) is 0 Å². The van der Waals surface area contributed by atoms with E-state index in [2.05, 4.69) is 5.32 Å². The van der Waals surface area contributed by atoms with Gasteiger partial charge in [-0.15, -0.1) is 0 Å². The van der Waals surface area contributed by atoms with E-state index in [1.54, 1.807) is 4.90 Å². The highest BCUT2D eigenvalue weighted by atomic mass is 16.6. The maximum absolute atomic E-state index is 11.8. The summed E-state index contributed by atoms with van der Waals surface area (Å²) in [6, 6.07) is 0.0447. The van der Waals surface area contributed by atoms with Crippen molar-refractivity contribution in [1.29, 1.82) is 0 Å². The number of ether oxygens (including phenoxy) is 1. The minimum absolute atomic E-state index is 0.0447. The SMILES string of the molecule is CC(C)N(CCNC=O)C(=O)OC(C)(C)C. The van der Waals surface area contributed by atoms with Crippen LogP contribution in [0.4, 0.5) is 4.79 Å². The number of amides is 2. The fourth-order valence-corrected chi connectivity index (χ4v) is 1.12. The Labute approximate surface area is 97.1 Å². The Morgan fingerprint density at radius 1 is 1.44 bits per heavy atom. The molecule has 0 atom stereocenters. The molecule has 0 heterocycles. The quantitative estimate of drug-likeness (QED) is 0.573. The molecule has 0 spiro atoms. The monoisotopic (exact) mass is 230 g/mol. The largest absolute Gasteiger partial charge is 0.444 e. The van der Waals surface area contributed by atoms with E-state index in [1.807, 2.05) is 34.6 Å². The van der Waals surface area contributed by atoms with E-state index in [4.69, 9.17) is 4.74 Å². The van der Waals surface area contributed by atoms with Crippen LogP contribution < -0.4 is 5.32 Å². The number of hydrogen-bond acceptors (Lipinski definition) is 3. The molecular formula is C11H22N2O3. The fourth-order valence-electron chi connectivity index (χ4n) is 1.12. The van der Waals surface area contributed by atoms with Gasteiger partial charge in [0.1, 0.15) is 5.60 Å². The number of hydrogen-bond donors (Lipinski definition) is 1. The Kier molecular flexibility index (Phi) is 5.85. The van der Waals surface area contributed by atoms with Crippen LogP contribution in [0.3, 0.4) is 0 Å². The fraction of sp³-hybridized carbons (Fsp3) is 0.818. The van der Waals surface area contributed by atoms with Gasteiger partial charge in [-0.05, 0) is 34.6 Å². The third-order valence-electron chi connectivity index (χ3n) is 1.83. The zero-order valence-electron chi connectivity index (χ0n) is 10.7. The van der Waals surface area contributed by atoms with Gasteiger partial charge >= 0.3 is 6.09 Å². The van der Waals surface area contributed by atoms with Gasteiger partial charge in [-0.25, -0.2) is 4.79 Å². The number of nitrogens with one attached hydrogen (secondary N) is 1. The summed E-state index contributed by atoms with van der Waals surface area (Å²) in [6.45, 7) is 10.2. The summed E-state index contributed by atoms with van der Waals surface area (Å²) in [6.07, 6.45) is 0.267. The van der Waals surface area contributed by atoms with Gasteiger partial charge in [-0.3, -0.25) is 4.79 Å². The van der Waals surface area contributed by atoms with Crippen LogP contribution in [0.2, 0.25) is 0 Å². The molecule has 0 aromatic heterocycles. The maximum atomic E-state index is 11.8. The Balaban J connectivity index is 4.30. The summed E-state index contributed by atoms with van der Waals surface area (Å²) < 4.78 is 5.26. The molecule has 0 saturated heterocycles. The summed E-state index contributed by atoms with van der Waals surface area (Å²) in [5, 5.41) is 2.52. The van der Waals surface area contributed by atoms with Crippen molar-refractivity contribution in [2.75, 3.05) is 13.1 Å². The van der Waals surface area contributed by atoms with E-state index in [9.17, 15) is 9.59 Å². The van der Waals surface area contributed by atoms with Crippen molar-refractivity contribution < 1.29 is 14.3 Å². The van der Waals surface area contributed by atoms with Crippen molar-refractivity contribution in [2.24, 2.45) is 0 Å². The van der Waals surface area contributed by atoms with Crippen LogP contribution in [0.5, 0.6) is 0 Å². The molecule has 5 heteroatoms. The third-order valence-corrected chi connectivity index (χ3v) is 1.83. The van der Waals surface area contributed by atoms with Crippen molar-refractivity contribution in [1.82, 2.24) is 10.2 Å². The van der Waals surface area contributed by atoms with Crippen LogP contribution in [0.25, 0.3) is 0 Å². The molecule has 0 aliphatic heterocycles. The standard InChI is InChI=1S/C11H22N2O3/c1-9(2)13(7-6-12-8-14)10(15)16-11(3,4)5/h8-9H,6-7H2,1-5H3,(H,12,14). The van der Waals surface area contributed by atoms with Gasteiger partial charge in [-0.1, -0.05) is 0 Å². The van der Waals surface area contributed by atoms with E-state index in [-0.39, 0.29) is 12.1 Å². The number of rotatable bonds is 5. The number of carbonyl (C=O) groups is 2. The molecule has 0 fully saturated rings. The van der Waals surface area contributed by atoms with Crippen LogP contribution in [-0.2, 0) is 9.53 Å². The van der Waals surface area contributed by atoms with Gasteiger partial charge in [0.05, 0.1) is 0 Å². The second-order valence-corrected chi connectivity index (χ2v) is 4.84. The summed E-state index contributed by atoms with van der Waals surface area (Å²) in [4.78, 5) is 23.5. The summed E-state index contributed by atoms with van der Waals surface area (Å²) >= 11 is 0. The molecule has 0 aliphatic carbocycles. The third kappa shape index (κ3) is 6.27. The summed E-state index contributed by atoms with van der Waals surface area (Å²) in [7, 11) is 0. The molecule has 0 radical (unpaired) electrons. The van der Waals surface area contributed by atoms with E-state index < -0.39 is 5.60 Å². The van der Waals surface area contributed by atoms with E-state index in [1.165, 1.54) is 0 Å². The van der Waals surface area contributed by atoms with E-state index >= 15 is 0 Å². The zero-order valence-corrected chi connectivity index (χ0v) is 10.7. The first-order chi connectivity index (χ1) is 7.28. The average molecular weight is 230 g/mol. The molecule has 5 nitrogen and oxygen atoms in total.